The number of fused-ring (bicyclic) bond motifs is 2. The van der Waals surface area contributed by atoms with Gasteiger partial charge in [-0.25, -0.2) is 10.9 Å². The molecule has 0 bridgehead atoms. The number of carbonyl (C=O) groups is 2. The van der Waals surface area contributed by atoms with Gasteiger partial charge in [0.1, 0.15) is 11.5 Å². The Hall–Kier alpha value is -5.57. The molecule has 4 aromatic carbocycles. The van der Waals surface area contributed by atoms with Crippen LogP contribution < -0.4 is 10.9 Å². The molecule has 9 nitrogen and oxygen atoms in total. The largest absolute Gasteiger partial charge is 0.507 e. The van der Waals surface area contributed by atoms with Crippen LogP contribution in [0.5, 0.6) is 11.5 Å². The number of aromatic hydroxyl groups is 2. The van der Waals surface area contributed by atoms with E-state index >= 15 is 0 Å². The molecule has 4 N–H and O–H groups in total. The molecule has 2 amide bonds. The number of phenolic OH excluding ortho intramolecular Hbond substituents is 2. The van der Waals surface area contributed by atoms with Gasteiger partial charge in [0.25, 0.3) is 11.8 Å². The summed E-state index contributed by atoms with van der Waals surface area (Å²) in [6, 6.07) is 23.1. The molecule has 5 aromatic rings. The fraction of sp³-hybridized carbons (Fsp3) is 0.0645. The SMILES string of the molecule is Cc1nc(C)c(C(=O)N/N=C/c2c(O)ccc3ccccc23)cc1C(=O)N/N=C/c1c(O)ccc2ccccc12. The lowest BCUT2D eigenvalue weighted by atomic mass is 10.0. The van der Waals surface area contributed by atoms with Crippen molar-refractivity contribution in [1.29, 1.82) is 0 Å². The second-order valence-corrected chi connectivity index (χ2v) is 9.09. The molecule has 0 saturated heterocycles. The number of aryl methyl sites for hydroxylation is 2. The number of carbonyl (C=O) groups excluding carboxylic acids is 2. The number of pyridine rings is 1. The monoisotopic (exact) mass is 531 g/mol. The number of phenols is 2. The zero-order valence-electron chi connectivity index (χ0n) is 21.7. The van der Waals surface area contributed by atoms with Crippen LogP contribution in [0.4, 0.5) is 0 Å². The lowest BCUT2D eigenvalue weighted by molar-refractivity contribution is 0.0954. The Balaban J connectivity index is 1.34. The topological polar surface area (TPSA) is 136 Å². The van der Waals surface area contributed by atoms with Crippen molar-refractivity contribution < 1.29 is 19.8 Å². The van der Waals surface area contributed by atoms with Gasteiger partial charge in [-0.2, -0.15) is 10.2 Å². The number of hydrazone groups is 2. The van der Waals surface area contributed by atoms with Crippen molar-refractivity contribution in [2.24, 2.45) is 10.2 Å². The Morgan fingerprint density at radius 1 is 0.675 bits per heavy atom. The van der Waals surface area contributed by atoms with Crippen LogP contribution in [0.25, 0.3) is 21.5 Å². The number of hydrogen-bond donors (Lipinski definition) is 4. The van der Waals surface area contributed by atoms with Crippen molar-refractivity contribution in [2.75, 3.05) is 0 Å². The Bertz CT molecular complexity index is 1720. The standard InChI is InChI=1S/C31H25N5O4/c1-18-24(30(39)35-32-16-26-22-9-5-3-7-20(22)11-13-28(26)37)15-25(19(2)34-18)31(40)36-33-17-27-23-10-6-4-8-21(23)12-14-29(27)38/h3-17,37-38H,1-2H3,(H,35,39)(H,36,40)/b32-16+,33-17+. The van der Waals surface area contributed by atoms with Gasteiger partial charge in [-0.15, -0.1) is 0 Å². The van der Waals surface area contributed by atoms with E-state index in [9.17, 15) is 19.8 Å². The lowest BCUT2D eigenvalue weighted by Crippen LogP contribution is -2.23. The average molecular weight is 532 g/mol. The van der Waals surface area contributed by atoms with E-state index in [0.717, 1.165) is 21.5 Å². The Morgan fingerprint density at radius 3 is 1.55 bits per heavy atom. The highest BCUT2D eigenvalue weighted by atomic mass is 16.3. The van der Waals surface area contributed by atoms with Crippen molar-refractivity contribution in [2.45, 2.75) is 13.8 Å². The molecule has 5 rings (SSSR count). The van der Waals surface area contributed by atoms with Crippen LogP contribution in [0.1, 0.15) is 43.2 Å². The number of rotatable bonds is 6. The fourth-order valence-electron chi connectivity index (χ4n) is 4.46. The second kappa shape index (κ2) is 11.0. The van der Waals surface area contributed by atoms with Crippen LogP contribution in [-0.2, 0) is 0 Å². The van der Waals surface area contributed by atoms with Crippen molar-refractivity contribution in [1.82, 2.24) is 15.8 Å². The van der Waals surface area contributed by atoms with E-state index in [4.69, 9.17) is 0 Å². The first-order chi connectivity index (χ1) is 19.3. The van der Waals surface area contributed by atoms with Crippen molar-refractivity contribution in [3.63, 3.8) is 0 Å². The number of aromatic nitrogens is 1. The summed E-state index contributed by atoms with van der Waals surface area (Å²) in [4.78, 5) is 30.2. The zero-order valence-corrected chi connectivity index (χ0v) is 21.7. The maximum absolute atomic E-state index is 12.9. The number of hydrogen-bond acceptors (Lipinski definition) is 7. The molecule has 0 aliphatic heterocycles. The smallest absolute Gasteiger partial charge is 0.273 e. The fourth-order valence-corrected chi connectivity index (χ4v) is 4.46. The van der Waals surface area contributed by atoms with Gasteiger partial charge in [0, 0.05) is 11.1 Å². The molecule has 0 aliphatic rings. The first-order valence-corrected chi connectivity index (χ1v) is 12.4. The molecule has 0 fully saturated rings. The van der Waals surface area contributed by atoms with E-state index in [1.165, 1.54) is 18.5 Å². The molecule has 0 spiro atoms. The molecule has 198 valence electrons. The van der Waals surface area contributed by atoms with E-state index in [0.29, 0.717) is 22.5 Å². The first-order valence-electron chi connectivity index (χ1n) is 12.4. The van der Waals surface area contributed by atoms with Crippen molar-refractivity contribution in [3.05, 3.63) is 113 Å². The van der Waals surface area contributed by atoms with E-state index in [1.54, 1.807) is 38.1 Å². The third-order valence-corrected chi connectivity index (χ3v) is 6.51. The van der Waals surface area contributed by atoms with Gasteiger partial charge in [-0.1, -0.05) is 60.7 Å². The minimum atomic E-state index is -0.570. The molecular weight excluding hydrogens is 506 g/mol. The Morgan fingerprint density at radius 2 is 1.10 bits per heavy atom. The molecule has 0 aliphatic carbocycles. The van der Waals surface area contributed by atoms with Gasteiger partial charge in [-0.3, -0.25) is 14.6 Å². The zero-order chi connectivity index (χ0) is 28.2. The van der Waals surface area contributed by atoms with Gasteiger partial charge in [0.15, 0.2) is 0 Å². The summed E-state index contributed by atoms with van der Waals surface area (Å²) in [5.74, 6) is -1.08. The van der Waals surface area contributed by atoms with E-state index in [2.05, 4.69) is 26.0 Å². The summed E-state index contributed by atoms with van der Waals surface area (Å²) in [6.07, 6.45) is 2.75. The third kappa shape index (κ3) is 5.21. The van der Waals surface area contributed by atoms with Gasteiger partial charge < -0.3 is 10.2 Å². The minimum Gasteiger partial charge on any atom is -0.507 e. The highest BCUT2D eigenvalue weighted by Crippen LogP contribution is 2.26. The predicted octanol–water partition coefficient (Wildman–Crippen LogP) is 4.94. The van der Waals surface area contributed by atoms with Crippen LogP contribution in [0.2, 0.25) is 0 Å². The summed E-state index contributed by atoms with van der Waals surface area (Å²) < 4.78 is 0. The molecule has 1 aromatic heterocycles. The predicted molar refractivity (Wildman–Crippen MR) is 155 cm³/mol. The van der Waals surface area contributed by atoms with Crippen LogP contribution in [0, 0.1) is 13.8 Å². The molecule has 0 unspecified atom stereocenters. The number of amides is 2. The Kier molecular flexibility index (Phi) is 7.19. The van der Waals surface area contributed by atoms with Crippen LogP contribution in [0.15, 0.2) is 89.1 Å². The normalized spacial score (nSPS) is 11.4. The molecule has 0 atom stereocenters. The molecule has 9 heteroatoms. The van der Waals surface area contributed by atoms with Gasteiger partial charge >= 0.3 is 0 Å². The van der Waals surface area contributed by atoms with E-state index < -0.39 is 11.8 Å². The minimum absolute atomic E-state index is 0.0289. The van der Waals surface area contributed by atoms with Crippen molar-refractivity contribution in [3.8, 4) is 11.5 Å². The first kappa shape index (κ1) is 26.1. The number of nitrogens with one attached hydrogen (secondary N) is 2. The van der Waals surface area contributed by atoms with Gasteiger partial charge in [0.05, 0.1) is 34.9 Å². The molecule has 1 heterocycles. The summed E-state index contributed by atoms with van der Waals surface area (Å²) >= 11 is 0. The third-order valence-electron chi connectivity index (χ3n) is 6.51. The summed E-state index contributed by atoms with van der Waals surface area (Å²) in [5.41, 5.74) is 6.97. The highest BCUT2D eigenvalue weighted by Gasteiger charge is 2.17. The molecule has 0 saturated carbocycles. The van der Waals surface area contributed by atoms with Crippen LogP contribution in [0.3, 0.4) is 0 Å². The van der Waals surface area contributed by atoms with Gasteiger partial charge in [0.2, 0.25) is 0 Å². The lowest BCUT2D eigenvalue weighted by Gasteiger charge is -2.10. The average Bonchev–Trinajstić information content (AvgIpc) is 2.95. The maximum atomic E-state index is 12.9. The highest BCUT2D eigenvalue weighted by molar-refractivity contribution is 6.05. The van der Waals surface area contributed by atoms with Gasteiger partial charge in [-0.05, 0) is 53.6 Å². The molecular formula is C31H25N5O4. The quantitative estimate of drug-likeness (QED) is 0.182. The van der Waals surface area contributed by atoms with Crippen molar-refractivity contribution >= 4 is 45.8 Å². The summed E-state index contributed by atoms with van der Waals surface area (Å²) in [6.45, 7) is 3.32. The van der Waals surface area contributed by atoms with E-state index in [1.807, 2.05) is 48.5 Å². The number of benzene rings is 4. The van der Waals surface area contributed by atoms with Crippen LogP contribution >= 0.6 is 0 Å². The van der Waals surface area contributed by atoms with E-state index in [-0.39, 0.29) is 22.6 Å². The van der Waals surface area contributed by atoms with Crippen LogP contribution in [-0.4, -0.2) is 39.4 Å². The molecule has 40 heavy (non-hydrogen) atoms. The number of nitrogens with zero attached hydrogens (tertiary/aromatic N) is 3. The summed E-state index contributed by atoms with van der Waals surface area (Å²) in [7, 11) is 0. The second-order valence-electron chi connectivity index (χ2n) is 9.09. The summed E-state index contributed by atoms with van der Waals surface area (Å²) in [5, 5.41) is 32.0. The maximum Gasteiger partial charge on any atom is 0.273 e. The Labute approximate surface area is 229 Å². The molecule has 0 radical (unpaired) electrons.